The van der Waals surface area contributed by atoms with Gasteiger partial charge < -0.3 is 5.73 Å². The number of halogens is 4. The van der Waals surface area contributed by atoms with Crippen LogP contribution >= 0.6 is 34.8 Å². The Balaban J connectivity index is 2.92. The van der Waals surface area contributed by atoms with Crippen LogP contribution in [0.25, 0.3) is 0 Å². The summed E-state index contributed by atoms with van der Waals surface area (Å²) in [5.41, 5.74) is 5.54. The Bertz CT molecular complexity index is 374. The van der Waals surface area contributed by atoms with Gasteiger partial charge in [0.15, 0.2) is 5.82 Å². The number of rotatable bonds is 3. The van der Waals surface area contributed by atoms with Crippen molar-refractivity contribution in [3.05, 3.63) is 33.6 Å². The van der Waals surface area contributed by atoms with Crippen molar-refractivity contribution in [2.75, 3.05) is 0 Å². The Morgan fingerprint density at radius 2 is 1.87 bits per heavy atom. The fourth-order valence-electron chi connectivity index (χ4n) is 1.03. The zero-order valence-corrected chi connectivity index (χ0v) is 9.70. The average molecular weight is 271 g/mol. The topological polar surface area (TPSA) is 43.1 Å². The zero-order chi connectivity index (χ0) is 11.6. The minimum Gasteiger partial charge on any atom is -0.368 e. The van der Waals surface area contributed by atoms with Crippen LogP contribution in [-0.4, -0.2) is 11.3 Å². The van der Waals surface area contributed by atoms with Crippen molar-refractivity contribution in [1.82, 2.24) is 0 Å². The van der Waals surface area contributed by atoms with E-state index in [1.165, 1.54) is 12.1 Å². The molecule has 0 saturated carbocycles. The lowest BCUT2D eigenvalue weighted by molar-refractivity contribution is -0.117. The molecular weight excluding hydrogens is 263 g/mol. The fourth-order valence-corrected chi connectivity index (χ4v) is 1.74. The highest BCUT2D eigenvalue weighted by Crippen LogP contribution is 2.25. The van der Waals surface area contributed by atoms with E-state index in [1.807, 2.05) is 0 Å². The molecular formula is C9H7Cl3FNO. The maximum Gasteiger partial charge on any atom is 0.235 e. The highest BCUT2D eigenvalue weighted by Gasteiger charge is 2.14. The number of carbonyl (C=O) groups excluding carboxylic acids is 1. The molecule has 1 atom stereocenters. The van der Waals surface area contributed by atoms with E-state index < -0.39 is 17.1 Å². The maximum absolute atomic E-state index is 13.0. The molecule has 0 bridgehead atoms. The standard InChI is InChI=1S/C9H7Cl3FNO/c10-5-1-4(2-6(11)8(5)13)3-7(12)9(14)15/h1-2,7H,3H2,(H2,14,15). The van der Waals surface area contributed by atoms with E-state index in [4.69, 9.17) is 40.5 Å². The van der Waals surface area contributed by atoms with Crippen molar-refractivity contribution in [2.24, 2.45) is 5.73 Å². The molecule has 1 rings (SSSR count). The quantitative estimate of drug-likeness (QED) is 0.666. The Morgan fingerprint density at radius 1 is 1.40 bits per heavy atom. The predicted molar refractivity (Wildman–Crippen MR) is 59.0 cm³/mol. The molecule has 2 N–H and O–H groups in total. The van der Waals surface area contributed by atoms with Crippen LogP contribution in [0.15, 0.2) is 12.1 Å². The lowest BCUT2D eigenvalue weighted by Gasteiger charge is -2.07. The molecule has 1 aromatic carbocycles. The van der Waals surface area contributed by atoms with Crippen molar-refractivity contribution < 1.29 is 9.18 Å². The van der Waals surface area contributed by atoms with Crippen molar-refractivity contribution in [3.63, 3.8) is 0 Å². The monoisotopic (exact) mass is 269 g/mol. The number of alkyl halides is 1. The van der Waals surface area contributed by atoms with Crippen molar-refractivity contribution in [2.45, 2.75) is 11.8 Å². The molecule has 0 radical (unpaired) electrons. The predicted octanol–water partition coefficient (Wildman–Crippen LogP) is 2.77. The lowest BCUT2D eigenvalue weighted by atomic mass is 10.1. The minimum atomic E-state index is -0.859. The highest BCUT2D eigenvalue weighted by molar-refractivity contribution is 6.35. The summed E-state index contributed by atoms with van der Waals surface area (Å²) in [6.45, 7) is 0. The van der Waals surface area contributed by atoms with Crippen LogP contribution in [0.1, 0.15) is 5.56 Å². The molecule has 1 aromatic rings. The van der Waals surface area contributed by atoms with Crippen LogP contribution in [0.5, 0.6) is 0 Å². The Hall–Kier alpha value is -0.510. The summed E-state index contributed by atoms with van der Waals surface area (Å²) in [5, 5.41) is -1.07. The number of primary amides is 1. The van der Waals surface area contributed by atoms with Gasteiger partial charge in [-0.05, 0) is 24.1 Å². The van der Waals surface area contributed by atoms with E-state index in [9.17, 15) is 9.18 Å². The second kappa shape index (κ2) is 5.01. The molecule has 0 aliphatic heterocycles. The van der Waals surface area contributed by atoms with Crippen LogP contribution in [0.3, 0.4) is 0 Å². The molecule has 0 saturated heterocycles. The first-order valence-corrected chi connectivity index (χ1v) is 5.18. The first kappa shape index (κ1) is 12.6. The van der Waals surface area contributed by atoms with Gasteiger partial charge >= 0.3 is 0 Å². The average Bonchev–Trinajstić information content (AvgIpc) is 2.13. The number of nitrogens with two attached hydrogens (primary N) is 1. The van der Waals surface area contributed by atoms with Gasteiger partial charge in [0, 0.05) is 0 Å². The van der Waals surface area contributed by atoms with Crippen LogP contribution in [0.4, 0.5) is 4.39 Å². The van der Waals surface area contributed by atoms with Crippen molar-refractivity contribution in [3.8, 4) is 0 Å². The fraction of sp³-hybridized carbons (Fsp3) is 0.222. The summed E-state index contributed by atoms with van der Waals surface area (Å²) in [6.07, 6.45) is 0.163. The lowest BCUT2D eigenvalue weighted by Crippen LogP contribution is -2.25. The van der Waals surface area contributed by atoms with Gasteiger partial charge in [-0.2, -0.15) is 0 Å². The maximum atomic E-state index is 13.0. The van der Waals surface area contributed by atoms with Crippen LogP contribution in [-0.2, 0) is 11.2 Å². The first-order valence-electron chi connectivity index (χ1n) is 3.98. The Kier molecular flexibility index (Phi) is 4.20. The summed E-state index contributed by atoms with van der Waals surface area (Å²) >= 11 is 16.8. The van der Waals surface area contributed by atoms with E-state index >= 15 is 0 Å². The number of hydrogen-bond acceptors (Lipinski definition) is 1. The van der Waals surface area contributed by atoms with Gasteiger partial charge in [0.2, 0.25) is 5.91 Å². The molecule has 0 fully saturated rings. The minimum absolute atomic E-state index is 0.106. The van der Waals surface area contributed by atoms with E-state index in [0.29, 0.717) is 5.56 Å². The van der Waals surface area contributed by atoms with Crippen LogP contribution in [0.2, 0.25) is 10.0 Å². The van der Waals surface area contributed by atoms with Gasteiger partial charge in [-0.1, -0.05) is 23.2 Å². The second-order valence-corrected chi connectivity index (χ2v) is 4.29. The second-order valence-electron chi connectivity index (χ2n) is 2.95. The van der Waals surface area contributed by atoms with Crippen molar-refractivity contribution in [1.29, 1.82) is 0 Å². The third-order valence-electron chi connectivity index (χ3n) is 1.77. The molecule has 0 spiro atoms. The number of hydrogen-bond donors (Lipinski definition) is 1. The largest absolute Gasteiger partial charge is 0.368 e. The Labute approximate surface area is 101 Å². The molecule has 82 valence electrons. The summed E-state index contributed by atoms with van der Waals surface area (Å²) in [7, 11) is 0. The number of benzene rings is 1. The SMILES string of the molecule is NC(=O)C(Cl)Cc1cc(Cl)c(F)c(Cl)c1. The van der Waals surface area contributed by atoms with Crippen molar-refractivity contribution >= 4 is 40.7 Å². The molecule has 0 aliphatic carbocycles. The first-order chi connectivity index (χ1) is 6.91. The summed E-state index contributed by atoms with van der Waals surface area (Å²) in [5.74, 6) is -1.33. The van der Waals surface area contributed by atoms with E-state index in [-0.39, 0.29) is 16.5 Å². The smallest absolute Gasteiger partial charge is 0.235 e. The van der Waals surface area contributed by atoms with Crippen LogP contribution < -0.4 is 5.73 Å². The molecule has 1 amide bonds. The summed E-state index contributed by atoms with van der Waals surface area (Å²) in [6, 6.07) is 2.72. The van der Waals surface area contributed by atoms with Gasteiger partial charge in [0.25, 0.3) is 0 Å². The number of amides is 1. The molecule has 1 unspecified atom stereocenters. The summed E-state index contributed by atoms with van der Waals surface area (Å²) < 4.78 is 13.0. The zero-order valence-electron chi connectivity index (χ0n) is 7.44. The molecule has 0 aromatic heterocycles. The summed E-state index contributed by atoms with van der Waals surface area (Å²) in [4.78, 5) is 10.7. The highest BCUT2D eigenvalue weighted by atomic mass is 35.5. The van der Waals surface area contributed by atoms with Crippen LogP contribution in [0, 0.1) is 5.82 Å². The third kappa shape index (κ3) is 3.23. The van der Waals surface area contributed by atoms with Gasteiger partial charge in [0.05, 0.1) is 10.0 Å². The van der Waals surface area contributed by atoms with Gasteiger partial charge in [-0.15, -0.1) is 11.6 Å². The molecule has 0 heterocycles. The van der Waals surface area contributed by atoms with E-state index in [2.05, 4.69) is 0 Å². The molecule has 0 aliphatic rings. The van der Waals surface area contributed by atoms with E-state index in [1.54, 1.807) is 0 Å². The van der Waals surface area contributed by atoms with Gasteiger partial charge in [0.1, 0.15) is 5.38 Å². The van der Waals surface area contributed by atoms with Gasteiger partial charge in [-0.25, -0.2) is 4.39 Å². The van der Waals surface area contributed by atoms with Gasteiger partial charge in [-0.3, -0.25) is 4.79 Å². The normalized spacial score (nSPS) is 12.5. The molecule has 2 nitrogen and oxygen atoms in total. The Morgan fingerprint density at radius 3 is 2.27 bits per heavy atom. The number of carbonyl (C=O) groups is 1. The molecule has 6 heteroatoms. The molecule has 15 heavy (non-hydrogen) atoms. The van der Waals surface area contributed by atoms with E-state index in [0.717, 1.165) is 0 Å². The third-order valence-corrected chi connectivity index (χ3v) is 2.69.